The van der Waals surface area contributed by atoms with Crippen molar-refractivity contribution < 1.29 is 10.0 Å². The molecule has 15 heavy (non-hydrogen) atoms. The summed E-state index contributed by atoms with van der Waals surface area (Å²) in [7, 11) is 0. The fourth-order valence-corrected chi connectivity index (χ4v) is 1.42. The van der Waals surface area contributed by atoms with Crippen LogP contribution in [0.25, 0.3) is 0 Å². The molecular weight excluding hydrogens is 196 g/mol. The minimum Gasteiger partial charge on any atom is -0.388 e. The predicted octanol–water partition coefficient (Wildman–Crippen LogP) is 1.29. The number of nitrogens with zero attached hydrogens (tertiary/aromatic N) is 1. The number of aliphatic hydroxyl groups excluding tert-OH is 1. The summed E-state index contributed by atoms with van der Waals surface area (Å²) in [6.07, 6.45) is -0.542. The number of aryl methyl sites for hydroxylation is 1. The van der Waals surface area contributed by atoms with Crippen molar-refractivity contribution in [1.82, 2.24) is 0 Å². The zero-order valence-electron chi connectivity index (χ0n) is 8.51. The lowest BCUT2D eigenvalue weighted by Gasteiger charge is -2.10. The topological polar surface area (TPSA) is 89.4 Å². The van der Waals surface area contributed by atoms with Crippen molar-refractivity contribution in [3.05, 3.63) is 39.4 Å². The van der Waals surface area contributed by atoms with Crippen LogP contribution in [0.1, 0.15) is 23.7 Å². The molecule has 0 aliphatic carbocycles. The minimum absolute atomic E-state index is 0.0541. The van der Waals surface area contributed by atoms with Crippen LogP contribution in [0.5, 0.6) is 0 Å². The summed E-state index contributed by atoms with van der Waals surface area (Å²) in [5, 5.41) is 20.4. The molecule has 0 aromatic heterocycles. The lowest BCUT2D eigenvalue weighted by molar-refractivity contribution is -0.386. The number of nitrogens with two attached hydrogens (primary N) is 1. The van der Waals surface area contributed by atoms with E-state index in [-0.39, 0.29) is 5.69 Å². The van der Waals surface area contributed by atoms with Gasteiger partial charge in [-0.3, -0.25) is 10.1 Å². The molecule has 3 N–H and O–H groups in total. The van der Waals surface area contributed by atoms with Crippen molar-refractivity contribution in [3.8, 4) is 0 Å². The molecule has 1 rings (SSSR count). The molecule has 1 atom stereocenters. The molecule has 0 fully saturated rings. The maximum Gasteiger partial charge on any atom is 0.275 e. The van der Waals surface area contributed by atoms with Gasteiger partial charge in [0.1, 0.15) is 0 Å². The Morgan fingerprint density at radius 2 is 2.27 bits per heavy atom. The summed E-state index contributed by atoms with van der Waals surface area (Å²) in [6, 6.07) is 4.68. The van der Waals surface area contributed by atoms with Crippen LogP contribution in [-0.4, -0.2) is 16.6 Å². The molecule has 82 valence electrons. The van der Waals surface area contributed by atoms with Crippen molar-refractivity contribution in [3.63, 3.8) is 0 Å². The van der Waals surface area contributed by atoms with E-state index in [9.17, 15) is 15.2 Å². The van der Waals surface area contributed by atoms with E-state index >= 15 is 0 Å². The summed E-state index contributed by atoms with van der Waals surface area (Å²) in [5.41, 5.74) is 6.47. The van der Waals surface area contributed by atoms with Crippen LogP contribution in [0.4, 0.5) is 5.69 Å². The van der Waals surface area contributed by atoms with Gasteiger partial charge in [-0.05, 0) is 26.0 Å². The summed E-state index contributed by atoms with van der Waals surface area (Å²) >= 11 is 0. The smallest absolute Gasteiger partial charge is 0.275 e. The van der Waals surface area contributed by atoms with E-state index in [1.54, 1.807) is 12.1 Å². The first kappa shape index (κ1) is 11.6. The van der Waals surface area contributed by atoms with Crippen molar-refractivity contribution >= 4 is 5.69 Å². The van der Waals surface area contributed by atoms with Crippen LogP contribution < -0.4 is 5.73 Å². The molecule has 1 aromatic carbocycles. The van der Waals surface area contributed by atoms with Gasteiger partial charge < -0.3 is 10.8 Å². The van der Waals surface area contributed by atoms with Gasteiger partial charge in [-0.15, -0.1) is 0 Å². The third kappa shape index (κ3) is 2.74. The lowest BCUT2D eigenvalue weighted by Crippen LogP contribution is -2.08. The summed E-state index contributed by atoms with van der Waals surface area (Å²) in [4.78, 5) is 10.2. The second-order valence-electron chi connectivity index (χ2n) is 3.41. The molecule has 0 spiro atoms. The molecule has 0 saturated heterocycles. The van der Waals surface area contributed by atoms with Gasteiger partial charge in [0.05, 0.1) is 16.6 Å². The largest absolute Gasteiger partial charge is 0.388 e. The summed E-state index contributed by atoms with van der Waals surface area (Å²) in [6.45, 7) is 2.12. The number of aliphatic hydroxyl groups is 1. The SMILES string of the molecule is Cc1ccc([N+](=O)[O-])c([C@H](O)CCN)c1. The van der Waals surface area contributed by atoms with Crippen LogP contribution in [0.3, 0.4) is 0 Å². The van der Waals surface area contributed by atoms with Crippen LogP contribution in [0.2, 0.25) is 0 Å². The number of nitro benzene ring substituents is 1. The van der Waals surface area contributed by atoms with Gasteiger partial charge in [-0.1, -0.05) is 11.6 Å². The highest BCUT2D eigenvalue weighted by Gasteiger charge is 2.19. The molecule has 0 aliphatic heterocycles. The first-order chi connectivity index (χ1) is 7.06. The fraction of sp³-hybridized carbons (Fsp3) is 0.400. The van der Waals surface area contributed by atoms with E-state index in [1.807, 2.05) is 6.92 Å². The number of hydrogen-bond acceptors (Lipinski definition) is 4. The molecule has 0 unspecified atom stereocenters. The predicted molar refractivity (Wildman–Crippen MR) is 56.5 cm³/mol. The third-order valence-electron chi connectivity index (χ3n) is 2.18. The zero-order valence-corrected chi connectivity index (χ0v) is 8.51. The number of benzene rings is 1. The van der Waals surface area contributed by atoms with Crippen molar-refractivity contribution in [2.24, 2.45) is 5.73 Å². The normalized spacial score (nSPS) is 12.5. The van der Waals surface area contributed by atoms with E-state index in [1.165, 1.54) is 6.07 Å². The Balaban J connectivity index is 3.12. The van der Waals surface area contributed by atoms with E-state index in [0.717, 1.165) is 5.56 Å². The lowest BCUT2D eigenvalue weighted by atomic mass is 10.0. The highest BCUT2D eigenvalue weighted by atomic mass is 16.6. The standard InChI is InChI=1S/C10H14N2O3/c1-7-2-3-9(12(14)15)8(6-7)10(13)4-5-11/h2-3,6,10,13H,4-5,11H2,1H3/t10-/m1/s1. The Labute approximate surface area is 87.7 Å². The molecule has 5 nitrogen and oxygen atoms in total. The molecule has 1 aromatic rings. The fourth-order valence-electron chi connectivity index (χ4n) is 1.42. The highest BCUT2D eigenvalue weighted by Crippen LogP contribution is 2.27. The van der Waals surface area contributed by atoms with Crippen molar-refractivity contribution in [2.45, 2.75) is 19.4 Å². The average Bonchev–Trinajstić information content (AvgIpc) is 2.17. The van der Waals surface area contributed by atoms with E-state index in [0.29, 0.717) is 18.5 Å². The Bertz CT molecular complexity index is 366. The Morgan fingerprint density at radius 1 is 1.60 bits per heavy atom. The number of hydrogen-bond donors (Lipinski definition) is 2. The van der Waals surface area contributed by atoms with Gasteiger partial charge in [0.2, 0.25) is 0 Å². The maximum atomic E-state index is 10.7. The summed E-state index contributed by atoms with van der Waals surface area (Å²) in [5.74, 6) is 0. The van der Waals surface area contributed by atoms with Crippen LogP contribution >= 0.6 is 0 Å². The van der Waals surface area contributed by atoms with Gasteiger partial charge in [0.15, 0.2) is 0 Å². The molecule has 0 bridgehead atoms. The maximum absolute atomic E-state index is 10.7. The average molecular weight is 210 g/mol. The molecule has 0 heterocycles. The van der Waals surface area contributed by atoms with Crippen molar-refractivity contribution in [2.75, 3.05) is 6.54 Å². The number of nitro groups is 1. The Morgan fingerprint density at radius 3 is 2.80 bits per heavy atom. The quantitative estimate of drug-likeness (QED) is 0.578. The molecular formula is C10H14N2O3. The third-order valence-corrected chi connectivity index (χ3v) is 2.18. The van der Waals surface area contributed by atoms with Gasteiger partial charge >= 0.3 is 0 Å². The first-order valence-corrected chi connectivity index (χ1v) is 4.69. The molecule has 0 saturated carbocycles. The molecule has 0 amide bonds. The second-order valence-corrected chi connectivity index (χ2v) is 3.41. The number of rotatable bonds is 4. The molecule has 0 radical (unpaired) electrons. The van der Waals surface area contributed by atoms with E-state index in [4.69, 9.17) is 5.73 Å². The van der Waals surface area contributed by atoms with Gasteiger partial charge in [0, 0.05) is 6.07 Å². The Hall–Kier alpha value is -1.46. The zero-order chi connectivity index (χ0) is 11.4. The van der Waals surface area contributed by atoms with Gasteiger partial charge in [-0.25, -0.2) is 0 Å². The van der Waals surface area contributed by atoms with Crippen LogP contribution in [-0.2, 0) is 0 Å². The van der Waals surface area contributed by atoms with Gasteiger partial charge in [-0.2, -0.15) is 0 Å². The van der Waals surface area contributed by atoms with Crippen LogP contribution in [0.15, 0.2) is 18.2 Å². The van der Waals surface area contributed by atoms with Crippen LogP contribution in [0, 0.1) is 17.0 Å². The molecule has 0 aliphatic rings. The second kappa shape index (κ2) is 4.86. The van der Waals surface area contributed by atoms with E-state index in [2.05, 4.69) is 0 Å². The summed E-state index contributed by atoms with van der Waals surface area (Å²) < 4.78 is 0. The van der Waals surface area contributed by atoms with E-state index < -0.39 is 11.0 Å². The van der Waals surface area contributed by atoms with Crippen molar-refractivity contribution in [1.29, 1.82) is 0 Å². The monoisotopic (exact) mass is 210 g/mol. The molecule has 5 heteroatoms. The first-order valence-electron chi connectivity index (χ1n) is 4.69. The Kier molecular flexibility index (Phi) is 3.76. The highest BCUT2D eigenvalue weighted by molar-refractivity contribution is 5.43. The van der Waals surface area contributed by atoms with Gasteiger partial charge in [0.25, 0.3) is 5.69 Å². The minimum atomic E-state index is -0.865.